The van der Waals surface area contributed by atoms with Crippen LogP contribution >= 0.6 is 11.8 Å². The van der Waals surface area contributed by atoms with E-state index in [9.17, 15) is 31.1 Å². The summed E-state index contributed by atoms with van der Waals surface area (Å²) >= 11 is 0.541. The van der Waals surface area contributed by atoms with Crippen LogP contribution in [-0.2, 0) is 11.2 Å². The Morgan fingerprint density at radius 1 is 1.12 bits per heavy atom. The Bertz CT molecular complexity index is 647. The van der Waals surface area contributed by atoms with Crippen molar-refractivity contribution in [3.63, 3.8) is 0 Å². The Kier molecular flexibility index (Phi) is 6.38. The van der Waals surface area contributed by atoms with Crippen LogP contribution in [0.4, 0.5) is 26.3 Å². The molecule has 0 bridgehead atoms. The zero-order valence-corrected chi connectivity index (χ0v) is 13.5. The molecule has 0 aliphatic heterocycles. The molecule has 1 N–H and O–H groups in total. The van der Waals surface area contributed by atoms with Crippen LogP contribution in [-0.4, -0.2) is 29.0 Å². The SMILES string of the molecule is Cc1cc(C)c(SCC(F)(F)F)cc1CC(=O)/C=C(\O)C(F)(F)F. The monoisotopic (exact) mass is 372 g/mol. The van der Waals surface area contributed by atoms with E-state index in [1.54, 1.807) is 19.9 Å². The largest absolute Gasteiger partial charge is 0.504 e. The van der Waals surface area contributed by atoms with Gasteiger partial charge in [0.15, 0.2) is 5.78 Å². The van der Waals surface area contributed by atoms with Gasteiger partial charge >= 0.3 is 12.4 Å². The van der Waals surface area contributed by atoms with E-state index in [1.807, 2.05) is 0 Å². The fourth-order valence-electron chi connectivity index (χ4n) is 1.85. The summed E-state index contributed by atoms with van der Waals surface area (Å²) in [5, 5.41) is 8.76. The van der Waals surface area contributed by atoms with E-state index in [0.29, 0.717) is 33.3 Å². The summed E-state index contributed by atoms with van der Waals surface area (Å²) in [7, 11) is 0. The van der Waals surface area contributed by atoms with E-state index in [4.69, 9.17) is 5.11 Å². The molecule has 0 unspecified atom stereocenters. The van der Waals surface area contributed by atoms with Crippen LogP contribution in [0.3, 0.4) is 0 Å². The van der Waals surface area contributed by atoms with Crippen LogP contribution in [0, 0.1) is 13.8 Å². The first-order valence-corrected chi connectivity index (χ1v) is 7.58. The predicted molar refractivity (Wildman–Crippen MR) is 78.2 cm³/mol. The second kappa shape index (κ2) is 7.50. The maximum absolute atomic E-state index is 12.3. The molecule has 0 spiro atoms. The third-order valence-electron chi connectivity index (χ3n) is 2.98. The number of carbonyl (C=O) groups is 1. The number of benzene rings is 1. The molecule has 0 heterocycles. The van der Waals surface area contributed by atoms with E-state index in [2.05, 4.69) is 0 Å². The van der Waals surface area contributed by atoms with Crippen LogP contribution in [0.15, 0.2) is 28.9 Å². The second-order valence-corrected chi connectivity index (χ2v) is 6.14. The van der Waals surface area contributed by atoms with Crippen molar-refractivity contribution in [3.05, 3.63) is 40.7 Å². The number of aliphatic hydroxyl groups is 1. The highest BCUT2D eigenvalue weighted by molar-refractivity contribution is 7.99. The van der Waals surface area contributed by atoms with Crippen LogP contribution in [0.25, 0.3) is 0 Å². The van der Waals surface area contributed by atoms with Gasteiger partial charge in [-0.3, -0.25) is 4.79 Å². The number of ketones is 1. The number of aryl methyl sites for hydroxylation is 2. The molecule has 0 amide bonds. The summed E-state index contributed by atoms with van der Waals surface area (Å²) in [6.07, 6.45) is -9.77. The fraction of sp³-hybridized carbons (Fsp3) is 0.400. The van der Waals surface area contributed by atoms with Crippen molar-refractivity contribution in [2.24, 2.45) is 0 Å². The fourth-order valence-corrected chi connectivity index (χ4v) is 2.68. The molecule has 0 aliphatic rings. The standard InChI is InChI=1S/C15H14F6O2S/c1-8-3-9(2)12(24-7-14(16,17)18)5-10(8)4-11(22)6-13(23)15(19,20)21/h3,5-6,23H,4,7H2,1-2H3/b13-6-. The minimum absolute atomic E-state index is 0.0713. The maximum Gasteiger partial charge on any atom is 0.448 e. The molecule has 134 valence electrons. The van der Waals surface area contributed by atoms with Crippen molar-refractivity contribution in [1.82, 2.24) is 0 Å². The smallest absolute Gasteiger partial charge is 0.448 e. The number of thioether (sulfide) groups is 1. The highest BCUT2D eigenvalue weighted by Gasteiger charge is 2.34. The summed E-state index contributed by atoms with van der Waals surface area (Å²) in [6.45, 7) is 3.20. The van der Waals surface area contributed by atoms with Crippen LogP contribution in [0.5, 0.6) is 0 Å². The van der Waals surface area contributed by atoms with Gasteiger partial charge in [-0.05, 0) is 36.6 Å². The molecule has 1 aromatic carbocycles. The second-order valence-electron chi connectivity index (χ2n) is 5.12. The van der Waals surface area contributed by atoms with Gasteiger partial charge in [0, 0.05) is 17.4 Å². The van der Waals surface area contributed by atoms with Gasteiger partial charge in [0.25, 0.3) is 0 Å². The number of halogens is 6. The van der Waals surface area contributed by atoms with Crippen molar-refractivity contribution in [3.8, 4) is 0 Å². The van der Waals surface area contributed by atoms with Crippen molar-refractivity contribution < 1.29 is 36.2 Å². The van der Waals surface area contributed by atoms with E-state index < -0.39 is 36.1 Å². The molecule has 0 fully saturated rings. The normalized spacial score (nSPS) is 13.2. The van der Waals surface area contributed by atoms with Gasteiger partial charge in [-0.2, -0.15) is 26.3 Å². The Hall–Kier alpha value is -1.64. The summed E-state index contributed by atoms with van der Waals surface area (Å²) in [5.41, 5.74) is 1.45. The number of rotatable bonds is 5. The first-order chi connectivity index (χ1) is 10.8. The Morgan fingerprint density at radius 3 is 2.21 bits per heavy atom. The molecule has 0 aromatic heterocycles. The quantitative estimate of drug-likeness (QED) is 0.339. The average Bonchev–Trinajstić information content (AvgIpc) is 2.38. The van der Waals surface area contributed by atoms with Gasteiger partial charge in [-0.1, -0.05) is 6.07 Å². The van der Waals surface area contributed by atoms with E-state index in [0.717, 1.165) is 0 Å². The molecular weight excluding hydrogens is 358 g/mol. The molecule has 0 aliphatic carbocycles. The molecule has 9 heteroatoms. The molecule has 1 aromatic rings. The van der Waals surface area contributed by atoms with Crippen molar-refractivity contribution >= 4 is 17.5 Å². The van der Waals surface area contributed by atoms with Crippen LogP contribution in [0.2, 0.25) is 0 Å². The first-order valence-electron chi connectivity index (χ1n) is 6.60. The topological polar surface area (TPSA) is 37.3 Å². The Morgan fingerprint density at radius 2 is 1.71 bits per heavy atom. The Labute approximate surface area is 138 Å². The molecular formula is C15H14F6O2S. The average molecular weight is 372 g/mol. The molecule has 2 nitrogen and oxygen atoms in total. The predicted octanol–water partition coefficient (Wildman–Crippen LogP) is 5.07. The molecule has 1 rings (SSSR count). The van der Waals surface area contributed by atoms with E-state index >= 15 is 0 Å². The maximum atomic E-state index is 12.3. The summed E-state index contributed by atoms with van der Waals surface area (Å²) in [5.74, 6) is -4.12. The third-order valence-corrected chi connectivity index (χ3v) is 4.20. The number of hydrogen-bond acceptors (Lipinski definition) is 3. The zero-order valence-electron chi connectivity index (χ0n) is 12.7. The molecule has 0 saturated heterocycles. The minimum Gasteiger partial charge on any atom is -0.504 e. The molecule has 0 radical (unpaired) electrons. The van der Waals surface area contributed by atoms with E-state index in [1.165, 1.54) is 6.07 Å². The van der Waals surface area contributed by atoms with Crippen molar-refractivity contribution in [2.75, 3.05) is 5.75 Å². The number of carbonyl (C=O) groups excluding carboxylic acids is 1. The summed E-state index contributed by atoms with van der Waals surface area (Å²) in [6, 6.07) is 2.92. The number of hydrogen-bond donors (Lipinski definition) is 1. The van der Waals surface area contributed by atoms with Gasteiger partial charge < -0.3 is 5.11 Å². The van der Waals surface area contributed by atoms with Crippen LogP contribution < -0.4 is 0 Å². The zero-order chi connectivity index (χ0) is 18.7. The summed E-state index contributed by atoms with van der Waals surface area (Å²) < 4.78 is 73.4. The lowest BCUT2D eigenvalue weighted by Gasteiger charge is -2.12. The highest BCUT2D eigenvalue weighted by Crippen LogP contribution is 2.31. The van der Waals surface area contributed by atoms with Crippen molar-refractivity contribution in [1.29, 1.82) is 0 Å². The number of allylic oxidation sites excluding steroid dienone is 2. The lowest BCUT2D eigenvalue weighted by Crippen LogP contribution is -2.14. The third kappa shape index (κ3) is 6.46. The Balaban J connectivity index is 2.98. The van der Waals surface area contributed by atoms with Gasteiger partial charge in [0.05, 0.1) is 5.75 Å². The van der Waals surface area contributed by atoms with E-state index in [-0.39, 0.29) is 6.08 Å². The highest BCUT2D eigenvalue weighted by atomic mass is 32.2. The lowest BCUT2D eigenvalue weighted by molar-refractivity contribution is -0.125. The van der Waals surface area contributed by atoms with Gasteiger partial charge in [-0.25, -0.2) is 0 Å². The lowest BCUT2D eigenvalue weighted by atomic mass is 10.0. The molecule has 0 saturated carbocycles. The number of aliphatic hydroxyl groups excluding tert-OH is 1. The molecule has 0 atom stereocenters. The number of alkyl halides is 6. The van der Waals surface area contributed by atoms with Gasteiger partial charge in [0.1, 0.15) is 0 Å². The molecule has 24 heavy (non-hydrogen) atoms. The minimum atomic E-state index is -5.02. The van der Waals surface area contributed by atoms with Crippen LogP contribution in [0.1, 0.15) is 16.7 Å². The summed E-state index contributed by atoms with van der Waals surface area (Å²) in [4.78, 5) is 11.9. The van der Waals surface area contributed by atoms with Gasteiger partial charge in [-0.15, -0.1) is 11.8 Å². The van der Waals surface area contributed by atoms with Crippen molar-refractivity contribution in [2.45, 2.75) is 37.5 Å². The van der Waals surface area contributed by atoms with Gasteiger partial charge in [0.2, 0.25) is 5.76 Å². The first kappa shape index (κ1) is 20.4.